The van der Waals surface area contributed by atoms with E-state index in [0.29, 0.717) is 36.4 Å². The quantitative estimate of drug-likeness (QED) is 0.307. The van der Waals surface area contributed by atoms with Gasteiger partial charge in [-0.25, -0.2) is 9.78 Å². The van der Waals surface area contributed by atoms with Crippen LogP contribution in [-0.4, -0.2) is 27.9 Å². The lowest BCUT2D eigenvalue weighted by molar-refractivity contribution is -0.0867. The van der Waals surface area contributed by atoms with Crippen molar-refractivity contribution in [3.8, 4) is 5.88 Å². The molecule has 1 atom stereocenters. The Labute approximate surface area is 222 Å². The van der Waals surface area contributed by atoms with Gasteiger partial charge in [0.05, 0.1) is 23.5 Å². The van der Waals surface area contributed by atoms with Gasteiger partial charge in [-0.1, -0.05) is 48.2 Å². The number of carbonyl (C=O) groups excluding carboxylic acids is 1. The van der Waals surface area contributed by atoms with E-state index in [-0.39, 0.29) is 0 Å². The van der Waals surface area contributed by atoms with E-state index in [1.807, 2.05) is 69.5 Å². The van der Waals surface area contributed by atoms with E-state index in [0.717, 1.165) is 41.6 Å². The lowest BCUT2D eigenvalue weighted by Gasteiger charge is -2.42. The number of aryl methyl sites for hydroxylation is 1. The summed E-state index contributed by atoms with van der Waals surface area (Å²) in [5, 5.41) is 3.57. The van der Waals surface area contributed by atoms with Gasteiger partial charge in [-0.05, 0) is 75.1 Å². The zero-order valence-electron chi connectivity index (χ0n) is 21.8. The monoisotopic (exact) mass is 519 g/mol. The SMILES string of the molecule is CSc1nc2c(c(OCc3ccccc3)n1)CO[C@@]1(CCCc3ccc(NC(=O)OC(C)(C)C)cc31)C2. The van der Waals surface area contributed by atoms with Gasteiger partial charge in [-0.2, -0.15) is 4.98 Å². The Kier molecular flexibility index (Phi) is 7.14. The molecule has 1 aliphatic heterocycles. The Balaban J connectivity index is 1.43. The van der Waals surface area contributed by atoms with Crippen molar-refractivity contribution in [2.75, 3.05) is 11.6 Å². The van der Waals surface area contributed by atoms with Gasteiger partial charge >= 0.3 is 6.09 Å². The Morgan fingerprint density at radius 3 is 2.73 bits per heavy atom. The van der Waals surface area contributed by atoms with Crippen LogP contribution >= 0.6 is 11.8 Å². The molecule has 37 heavy (non-hydrogen) atoms. The highest BCUT2D eigenvalue weighted by Gasteiger charge is 2.43. The first kappa shape index (κ1) is 25.5. The highest BCUT2D eigenvalue weighted by molar-refractivity contribution is 7.98. The first-order chi connectivity index (χ1) is 17.7. The van der Waals surface area contributed by atoms with E-state index in [9.17, 15) is 4.79 Å². The maximum atomic E-state index is 12.4. The second-order valence-electron chi connectivity index (χ2n) is 10.5. The summed E-state index contributed by atoms with van der Waals surface area (Å²) in [7, 11) is 0. The zero-order chi connectivity index (χ0) is 26.0. The first-order valence-electron chi connectivity index (χ1n) is 12.6. The normalized spacial score (nSPS) is 18.6. The van der Waals surface area contributed by atoms with Gasteiger partial charge in [-0.3, -0.25) is 5.32 Å². The molecule has 8 heteroatoms. The number of nitrogens with one attached hydrogen (secondary N) is 1. The van der Waals surface area contributed by atoms with Gasteiger partial charge < -0.3 is 14.2 Å². The summed E-state index contributed by atoms with van der Waals surface area (Å²) >= 11 is 1.51. The number of hydrogen-bond acceptors (Lipinski definition) is 7. The summed E-state index contributed by atoms with van der Waals surface area (Å²) in [6.45, 7) is 6.36. The maximum Gasteiger partial charge on any atom is 0.412 e. The number of thioether (sulfide) groups is 1. The Morgan fingerprint density at radius 1 is 1.16 bits per heavy atom. The predicted octanol–water partition coefficient (Wildman–Crippen LogP) is 6.43. The van der Waals surface area contributed by atoms with Gasteiger partial charge in [-0.15, -0.1) is 0 Å². The predicted molar refractivity (Wildman–Crippen MR) is 144 cm³/mol. The highest BCUT2D eigenvalue weighted by atomic mass is 32.2. The van der Waals surface area contributed by atoms with Crippen LogP contribution in [0, 0.1) is 0 Å². The molecule has 7 nitrogen and oxygen atoms in total. The number of amides is 1. The highest BCUT2D eigenvalue weighted by Crippen LogP contribution is 2.46. The number of benzene rings is 2. The van der Waals surface area contributed by atoms with Gasteiger partial charge in [0.2, 0.25) is 5.88 Å². The second-order valence-corrected chi connectivity index (χ2v) is 11.3. The van der Waals surface area contributed by atoms with Crippen LogP contribution in [0.1, 0.15) is 61.6 Å². The lowest BCUT2D eigenvalue weighted by Crippen LogP contribution is -2.40. The second kappa shape index (κ2) is 10.3. The Hall–Kier alpha value is -3.10. The summed E-state index contributed by atoms with van der Waals surface area (Å²) in [6, 6.07) is 16.1. The lowest BCUT2D eigenvalue weighted by atomic mass is 9.74. The molecule has 0 bridgehead atoms. The van der Waals surface area contributed by atoms with E-state index in [1.165, 1.54) is 17.3 Å². The fraction of sp³-hybridized carbons (Fsp3) is 0.414. The van der Waals surface area contributed by atoms with Crippen LogP contribution in [0.25, 0.3) is 0 Å². The molecule has 2 aromatic carbocycles. The molecule has 2 heterocycles. The van der Waals surface area contributed by atoms with Crippen molar-refractivity contribution in [2.24, 2.45) is 0 Å². The van der Waals surface area contributed by atoms with E-state index in [4.69, 9.17) is 19.2 Å². The number of carbonyl (C=O) groups is 1. The summed E-state index contributed by atoms with van der Waals surface area (Å²) in [4.78, 5) is 21.9. The molecule has 1 spiro atoms. The smallest absolute Gasteiger partial charge is 0.412 e. The number of fused-ring (bicyclic) bond motifs is 3. The molecule has 0 saturated carbocycles. The third kappa shape index (κ3) is 5.75. The Bertz CT molecular complexity index is 1290. The third-order valence-electron chi connectivity index (χ3n) is 6.65. The van der Waals surface area contributed by atoms with Crippen LogP contribution in [0.2, 0.25) is 0 Å². The molecule has 3 aromatic rings. The topological polar surface area (TPSA) is 82.6 Å². The van der Waals surface area contributed by atoms with Crippen molar-refractivity contribution in [1.29, 1.82) is 0 Å². The molecular formula is C29H33N3O4S. The molecule has 5 rings (SSSR count). The molecular weight excluding hydrogens is 486 g/mol. The molecule has 0 fully saturated rings. The number of hydrogen-bond donors (Lipinski definition) is 1. The number of aromatic nitrogens is 2. The fourth-order valence-corrected chi connectivity index (χ4v) is 5.37. The summed E-state index contributed by atoms with van der Waals surface area (Å²) < 4.78 is 18.3. The van der Waals surface area contributed by atoms with Crippen LogP contribution < -0.4 is 10.1 Å². The average molecular weight is 520 g/mol. The molecule has 0 radical (unpaired) electrons. The van der Waals surface area contributed by atoms with E-state index >= 15 is 0 Å². The minimum atomic E-state index is -0.565. The van der Waals surface area contributed by atoms with Crippen molar-refractivity contribution >= 4 is 23.5 Å². The van der Waals surface area contributed by atoms with E-state index in [1.54, 1.807) is 0 Å². The van der Waals surface area contributed by atoms with Gasteiger partial charge in [0, 0.05) is 12.1 Å². The van der Waals surface area contributed by atoms with Crippen molar-refractivity contribution in [1.82, 2.24) is 9.97 Å². The molecule has 1 N–H and O–H groups in total. The third-order valence-corrected chi connectivity index (χ3v) is 7.20. The average Bonchev–Trinajstić information content (AvgIpc) is 2.87. The van der Waals surface area contributed by atoms with Crippen LogP contribution in [0.5, 0.6) is 5.88 Å². The van der Waals surface area contributed by atoms with Crippen LogP contribution in [0.4, 0.5) is 10.5 Å². The standard InChI is InChI=1S/C29H33N3O4S/c1-28(2,3)36-27(33)30-21-13-12-20-11-8-14-29(23(20)15-21)16-24-22(18-35-29)25(32-26(31-24)37-4)34-17-19-9-6-5-7-10-19/h5-7,9-10,12-13,15H,8,11,14,16-18H2,1-4H3,(H,30,33)/t29-/m0/s1. The van der Waals surface area contributed by atoms with Gasteiger partial charge in [0.1, 0.15) is 12.2 Å². The molecule has 0 saturated heterocycles. The largest absolute Gasteiger partial charge is 0.472 e. The molecule has 0 unspecified atom stereocenters. The molecule has 2 aliphatic rings. The van der Waals surface area contributed by atoms with Crippen LogP contribution in [-0.2, 0) is 41.1 Å². The van der Waals surface area contributed by atoms with E-state index < -0.39 is 17.3 Å². The van der Waals surface area contributed by atoms with E-state index in [2.05, 4.69) is 16.4 Å². The Morgan fingerprint density at radius 2 is 1.97 bits per heavy atom. The van der Waals surface area contributed by atoms with Crippen molar-refractivity contribution in [3.05, 3.63) is 76.5 Å². The number of rotatable bonds is 5. The van der Waals surface area contributed by atoms with Gasteiger partial charge in [0.15, 0.2) is 5.16 Å². The molecule has 194 valence electrons. The number of ether oxygens (including phenoxy) is 3. The summed E-state index contributed by atoms with van der Waals surface area (Å²) in [5.74, 6) is 0.587. The molecule has 1 aliphatic carbocycles. The first-order valence-corrected chi connectivity index (χ1v) is 13.8. The molecule has 1 amide bonds. The van der Waals surface area contributed by atoms with Crippen LogP contribution in [0.3, 0.4) is 0 Å². The fourth-order valence-electron chi connectivity index (χ4n) is 5.00. The summed E-state index contributed by atoms with van der Waals surface area (Å²) in [5.41, 5.74) is 4.93. The zero-order valence-corrected chi connectivity index (χ0v) is 22.6. The maximum absolute atomic E-state index is 12.4. The molecule has 1 aromatic heterocycles. The minimum absolute atomic E-state index is 0.372. The van der Waals surface area contributed by atoms with Gasteiger partial charge in [0.25, 0.3) is 0 Å². The minimum Gasteiger partial charge on any atom is -0.472 e. The number of anilines is 1. The van der Waals surface area contributed by atoms with Crippen molar-refractivity contribution < 1.29 is 19.0 Å². The van der Waals surface area contributed by atoms with Crippen molar-refractivity contribution in [2.45, 2.75) is 76.0 Å². The summed E-state index contributed by atoms with van der Waals surface area (Å²) in [6.07, 6.45) is 5.02. The number of nitrogens with zero attached hydrogens (tertiary/aromatic N) is 2. The van der Waals surface area contributed by atoms with Crippen molar-refractivity contribution in [3.63, 3.8) is 0 Å². The van der Waals surface area contributed by atoms with Crippen LogP contribution in [0.15, 0.2) is 53.7 Å².